The molecule has 2 rings (SSSR count). The van der Waals surface area contributed by atoms with Crippen molar-refractivity contribution < 1.29 is 4.74 Å². The van der Waals surface area contributed by atoms with E-state index in [0.29, 0.717) is 11.3 Å². The molecule has 1 aliphatic heterocycles. The summed E-state index contributed by atoms with van der Waals surface area (Å²) >= 11 is 6.00. The van der Waals surface area contributed by atoms with Crippen molar-refractivity contribution in [3.05, 3.63) is 29.0 Å². The minimum absolute atomic E-state index is 0.375. The maximum atomic E-state index is 6.00. The average Bonchev–Trinajstić information content (AvgIpc) is 2.69. The first-order valence-electron chi connectivity index (χ1n) is 5.14. The summed E-state index contributed by atoms with van der Waals surface area (Å²) in [6.07, 6.45) is 3.20. The molecular formula is C11H15ClN2O. The Kier molecular flexibility index (Phi) is 3.57. The van der Waals surface area contributed by atoms with Crippen molar-refractivity contribution in [3.63, 3.8) is 0 Å². The molecule has 1 aromatic rings. The third-order valence-electron chi connectivity index (χ3n) is 2.79. The fourth-order valence-corrected chi connectivity index (χ4v) is 2.09. The summed E-state index contributed by atoms with van der Waals surface area (Å²) in [4.78, 5) is 6.41. The van der Waals surface area contributed by atoms with Crippen LogP contribution in [-0.4, -0.2) is 36.2 Å². The number of hydrogen-bond acceptors (Lipinski definition) is 3. The first-order chi connectivity index (χ1) is 7.29. The van der Waals surface area contributed by atoms with E-state index in [-0.39, 0.29) is 0 Å². The Bertz CT molecular complexity index is 332. The van der Waals surface area contributed by atoms with Gasteiger partial charge in [-0.1, -0.05) is 17.7 Å². The smallest absolute Gasteiger partial charge is 0.133 e. The number of hydrogen-bond donors (Lipinski definition) is 0. The minimum Gasteiger partial charge on any atom is -0.380 e. The molecule has 0 aromatic carbocycles. The summed E-state index contributed by atoms with van der Waals surface area (Å²) in [5.41, 5.74) is 1.09. The van der Waals surface area contributed by atoms with Crippen LogP contribution in [0, 0.1) is 0 Å². The maximum Gasteiger partial charge on any atom is 0.133 e. The van der Waals surface area contributed by atoms with Crippen molar-refractivity contribution in [2.45, 2.75) is 19.1 Å². The van der Waals surface area contributed by atoms with Gasteiger partial charge in [-0.25, -0.2) is 4.98 Å². The zero-order valence-electron chi connectivity index (χ0n) is 8.82. The van der Waals surface area contributed by atoms with Crippen molar-refractivity contribution in [1.82, 2.24) is 9.88 Å². The standard InChI is InChI=1S/C11H15ClN2O/c1-15-10-4-6-14(8-10)7-9-3-2-5-13-11(9)12/h2-3,5,10H,4,6-8H2,1H3. The lowest BCUT2D eigenvalue weighted by atomic mass is 10.3. The molecule has 1 unspecified atom stereocenters. The van der Waals surface area contributed by atoms with E-state index in [9.17, 15) is 0 Å². The lowest BCUT2D eigenvalue weighted by Crippen LogP contribution is -2.22. The van der Waals surface area contributed by atoms with Gasteiger partial charge in [0.15, 0.2) is 0 Å². The summed E-state index contributed by atoms with van der Waals surface area (Å²) < 4.78 is 5.32. The van der Waals surface area contributed by atoms with E-state index in [1.54, 1.807) is 13.3 Å². The van der Waals surface area contributed by atoms with E-state index in [1.165, 1.54) is 0 Å². The van der Waals surface area contributed by atoms with E-state index in [0.717, 1.165) is 31.6 Å². The van der Waals surface area contributed by atoms with E-state index in [4.69, 9.17) is 16.3 Å². The SMILES string of the molecule is COC1CCN(Cc2cccnc2Cl)C1. The monoisotopic (exact) mass is 226 g/mol. The number of likely N-dealkylation sites (tertiary alicyclic amines) is 1. The van der Waals surface area contributed by atoms with Crippen LogP contribution in [0.2, 0.25) is 5.15 Å². The molecule has 0 spiro atoms. The van der Waals surface area contributed by atoms with Crippen molar-refractivity contribution in [2.75, 3.05) is 20.2 Å². The van der Waals surface area contributed by atoms with Crippen LogP contribution in [0.1, 0.15) is 12.0 Å². The van der Waals surface area contributed by atoms with Gasteiger partial charge in [-0.15, -0.1) is 0 Å². The second-order valence-corrected chi connectivity index (χ2v) is 4.19. The van der Waals surface area contributed by atoms with E-state index in [1.807, 2.05) is 12.1 Å². The van der Waals surface area contributed by atoms with Crippen LogP contribution < -0.4 is 0 Å². The third-order valence-corrected chi connectivity index (χ3v) is 3.13. The summed E-state index contributed by atoms with van der Waals surface area (Å²) in [6, 6.07) is 3.94. The van der Waals surface area contributed by atoms with Gasteiger partial charge in [0.25, 0.3) is 0 Å². The van der Waals surface area contributed by atoms with Gasteiger partial charge in [0, 0.05) is 38.5 Å². The van der Waals surface area contributed by atoms with Crippen LogP contribution in [0.5, 0.6) is 0 Å². The number of pyridine rings is 1. The molecule has 15 heavy (non-hydrogen) atoms. The number of nitrogens with zero attached hydrogens (tertiary/aromatic N) is 2. The molecule has 0 aliphatic carbocycles. The van der Waals surface area contributed by atoms with Crippen molar-refractivity contribution in [3.8, 4) is 0 Å². The Morgan fingerprint density at radius 1 is 1.67 bits per heavy atom. The van der Waals surface area contributed by atoms with Gasteiger partial charge >= 0.3 is 0 Å². The number of aromatic nitrogens is 1. The van der Waals surface area contributed by atoms with Crippen LogP contribution in [0.25, 0.3) is 0 Å². The minimum atomic E-state index is 0.375. The largest absolute Gasteiger partial charge is 0.380 e. The van der Waals surface area contributed by atoms with Crippen LogP contribution in [0.4, 0.5) is 0 Å². The van der Waals surface area contributed by atoms with Gasteiger partial charge in [0.1, 0.15) is 5.15 Å². The Morgan fingerprint density at radius 3 is 3.20 bits per heavy atom. The van der Waals surface area contributed by atoms with Crippen molar-refractivity contribution in [2.24, 2.45) is 0 Å². The lowest BCUT2D eigenvalue weighted by Gasteiger charge is -2.15. The Balaban J connectivity index is 1.96. The molecule has 1 fully saturated rings. The normalized spacial score (nSPS) is 22.1. The first kappa shape index (κ1) is 10.9. The van der Waals surface area contributed by atoms with Crippen molar-refractivity contribution >= 4 is 11.6 Å². The van der Waals surface area contributed by atoms with Crippen LogP contribution in [-0.2, 0) is 11.3 Å². The number of methoxy groups -OCH3 is 1. The van der Waals surface area contributed by atoms with Crippen LogP contribution >= 0.6 is 11.6 Å². The predicted octanol–water partition coefficient (Wildman–Crippen LogP) is 1.96. The number of rotatable bonds is 3. The van der Waals surface area contributed by atoms with Crippen LogP contribution in [0.3, 0.4) is 0 Å². The van der Waals surface area contributed by atoms with Gasteiger partial charge in [-0.3, -0.25) is 4.90 Å². The summed E-state index contributed by atoms with van der Waals surface area (Å²) in [5.74, 6) is 0. The Morgan fingerprint density at radius 2 is 2.53 bits per heavy atom. The number of ether oxygens (including phenoxy) is 1. The molecule has 82 valence electrons. The molecule has 0 bridgehead atoms. The molecule has 0 N–H and O–H groups in total. The lowest BCUT2D eigenvalue weighted by molar-refractivity contribution is 0.107. The highest BCUT2D eigenvalue weighted by Crippen LogP contribution is 2.18. The first-order valence-corrected chi connectivity index (χ1v) is 5.52. The highest BCUT2D eigenvalue weighted by atomic mass is 35.5. The molecule has 1 atom stereocenters. The second-order valence-electron chi connectivity index (χ2n) is 3.83. The zero-order chi connectivity index (χ0) is 10.7. The Hall–Kier alpha value is -0.640. The van der Waals surface area contributed by atoms with Crippen molar-refractivity contribution in [1.29, 1.82) is 0 Å². The summed E-state index contributed by atoms with van der Waals surface area (Å²) in [5, 5.41) is 0.610. The molecule has 4 heteroatoms. The topological polar surface area (TPSA) is 25.4 Å². The molecule has 3 nitrogen and oxygen atoms in total. The molecule has 0 saturated carbocycles. The average molecular weight is 227 g/mol. The van der Waals surface area contributed by atoms with E-state index < -0.39 is 0 Å². The van der Waals surface area contributed by atoms with Gasteiger partial charge < -0.3 is 4.74 Å². The quantitative estimate of drug-likeness (QED) is 0.737. The molecule has 0 amide bonds. The predicted molar refractivity (Wildman–Crippen MR) is 59.9 cm³/mol. The van der Waals surface area contributed by atoms with Crippen LogP contribution in [0.15, 0.2) is 18.3 Å². The zero-order valence-corrected chi connectivity index (χ0v) is 9.57. The number of halogens is 1. The second kappa shape index (κ2) is 4.92. The Labute approximate surface area is 95.0 Å². The maximum absolute atomic E-state index is 6.00. The summed E-state index contributed by atoms with van der Waals surface area (Å²) in [7, 11) is 1.77. The molecular weight excluding hydrogens is 212 g/mol. The van der Waals surface area contributed by atoms with Gasteiger partial charge in [0.05, 0.1) is 6.10 Å². The van der Waals surface area contributed by atoms with Gasteiger partial charge in [0.2, 0.25) is 0 Å². The molecule has 1 saturated heterocycles. The molecule has 0 radical (unpaired) electrons. The molecule has 2 heterocycles. The van der Waals surface area contributed by atoms with E-state index >= 15 is 0 Å². The highest BCUT2D eigenvalue weighted by Gasteiger charge is 2.22. The molecule has 1 aromatic heterocycles. The van der Waals surface area contributed by atoms with Gasteiger partial charge in [-0.2, -0.15) is 0 Å². The third kappa shape index (κ3) is 2.68. The summed E-state index contributed by atoms with van der Waals surface area (Å²) in [6.45, 7) is 2.93. The fourth-order valence-electron chi connectivity index (χ4n) is 1.91. The highest BCUT2D eigenvalue weighted by molar-refractivity contribution is 6.30. The molecule has 1 aliphatic rings. The van der Waals surface area contributed by atoms with Gasteiger partial charge in [-0.05, 0) is 12.5 Å². The van der Waals surface area contributed by atoms with E-state index in [2.05, 4.69) is 9.88 Å². The fraction of sp³-hybridized carbons (Fsp3) is 0.545.